The highest BCUT2D eigenvalue weighted by Crippen LogP contribution is 2.31. The first-order valence-electron chi connectivity index (χ1n) is 8.06. The zero-order chi connectivity index (χ0) is 16.3. The van der Waals surface area contributed by atoms with Gasteiger partial charge < -0.3 is 14.2 Å². The Morgan fingerprint density at radius 3 is 2.55 bits per heavy atom. The van der Waals surface area contributed by atoms with E-state index < -0.39 is 0 Å². The van der Waals surface area contributed by atoms with Crippen LogP contribution < -0.4 is 0 Å². The molecule has 0 N–H and O–H groups in total. The minimum atomic E-state index is -0.0384. The molecular formula is C17H28N2O3. The van der Waals surface area contributed by atoms with Crippen molar-refractivity contribution < 1.29 is 14.1 Å². The zero-order valence-electron chi connectivity index (χ0n) is 14.4. The topological polar surface area (TPSA) is 55.6 Å². The van der Waals surface area contributed by atoms with E-state index in [0.717, 1.165) is 49.6 Å². The van der Waals surface area contributed by atoms with Gasteiger partial charge in [-0.05, 0) is 38.5 Å². The molecular weight excluding hydrogens is 280 g/mol. The summed E-state index contributed by atoms with van der Waals surface area (Å²) in [6.45, 7) is 10.5. The maximum absolute atomic E-state index is 12.7. The summed E-state index contributed by atoms with van der Waals surface area (Å²) in [4.78, 5) is 14.7. The van der Waals surface area contributed by atoms with Crippen LogP contribution in [0.4, 0.5) is 0 Å². The third kappa shape index (κ3) is 3.69. The Kier molecular flexibility index (Phi) is 5.27. The molecule has 0 aliphatic carbocycles. The third-order valence-corrected chi connectivity index (χ3v) is 4.89. The number of hydrogen-bond acceptors (Lipinski definition) is 4. The number of hydrogen-bond donors (Lipinski definition) is 0. The van der Waals surface area contributed by atoms with Crippen LogP contribution in [0, 0.1) is 25.2 Å². The molecule has 5 heteroatoms. The van der Waals surface area contributed by atoms with Gasteiger partial charge in [-0.2, -0.15) is 0 Å². The summed E-state index contributed by atoms with van der Waals surface area (Å²) in [5.41, 5.74) is 2.17. The number of ether oxygens (including phenoxy) is 1. The van der Waals surface area contributed by atoms with Crippen LogP contribution >= 0.6 is 0 Å². The predicted octanol–water partition coefficient (Wildman–Crippen LogP) is 2.75. The number of carbonyl (C=O) groups excluding carboxylic acids is 1. The van der Waals surface area contributed by atoms with E-state index in [9.17, 15) is 4.79 Å². The number of methoxy groups -OCH3 is 1. The first-order chi connectivity index (χ1) is 10.4. The number of carbonyl (C=O) groups is 1. The highest BCUT2D eigenvalue weighted by atomic mass is 16.5. The molecule has 2 rings (SSSR count). The van der Waals surface area contributed by atoms with E-state index in [2.05, 4.69) is 12.1 Å². The van der Waals surface area contributed by atoms with Gasteiger partial charge in [0.1, 0.15) is 5.76 Å². The molecule has 1 aliphatic rings. The summed E-state index contributed by atoms with van der Waals surface area (Å²) < 4.78 is 10.5. The molecule has 5 nitrogen and oxygen atoms in total. The van der Waals surface area contributed by atoms with Gasteiger partial charge in [-0.15, -0.1) is 0 Å². The molecule has 0 saturated carbocycles. The maximum atomic E-state index is 12.7. The predicted molar refractivity (Wildman–Crippen MR) is 84.6 cm³/mol. The average molecular weight is 308 g/mol. The molecule has 0 radical (unpaired) electrons. The van der Waals surface area contributed by atoms with Crippen molar-refractivity contribution in [1.29, 1.82) is 0 Å². The Labute approximate surface area is 133 Å². The van der Waals surface area contributed by atoms with Crippen LogP contribution in [0.3, 0.4) is 0 Å². The van der Waals surface area contributed by atoms with E-state index in [4.69, 9.17) is 9.26 Å². The van der Waals surface area contributed by atoms with Gasteiger partial charge in [0.2, 0.25) is 5.91 Å². The summed E-state index contributed by atoms with van der Waals surface area (Å²) in [5.74, 6) is 1.02. The van der Waals surface area contributed by atoms with Crippen molar-refractivity contribution in [3.8, 4) is 0 Å². The second kappa shape index (κ2) is 6.82. The highest BCUT2D eigenvalue weighted by Gasteiger charge is 2.33. The highest BCUT2D eigenvalue weighted by molar-refractivity contribution is 5.79. The van der Waals surface area contributed by atoms with E-state index in [0.29, 0.717) is 6.42 Å². The normalized spacial score (nSPS) is 19.2. The van der Waals surface area contributed by atoms with Crippen LogP contribution in [0.25, 0.3) is 0 Å². The average Bonchev–Trinajstić information content (AvgIpc) is 2.79. The second-order valence-corrected chi connectivity index (χ2v) is 6.98. The van der Waals surface area contributed by atoms with Gasteiger partial charge in [-0.25, -0.2) is 0 Å². The summed E-state index contributed by atoms with van der Waals surface area (Å²) in [6, 6.07) is 0. The monoisotopic (exact) mass is 308 g/mol. The smallest absolute Gasteiger partial charge is 0.225 e. The minimum Gasteiger partial charge on any atom is -0.384 e. The standard InChI is InChI=1S/C17H28N2O3/c1-12(10-15-13(2)18-22-14(15)3)16(20)19-8-6-17(4,7-9-19)11-21-5/h12H,6-11H2,1-5H3. The van der Waals surface area contributed by atoms with Gasteiger partial charge in [0, 0.05) is 31.7 Å². The molecule has 1 atom stereocenters. The zero-order valence-corrected chi connectivity index (χ0v) is 14.4. The van der Waals surface area contributed by atoms with Crippen LogP contribution in [-0.2, 0) is 16.0 Å². The van der Waals surface area contributed by atoms with Gasteiger partial charge in [-0.1, -0.05) is 19.0 Å². The van der Waals surface area contributed by atoms with Crippen molar-refractivity contribution in [2.75, 3.05) is 26.8 Å². The lowest BCUT2D eigenvalue weighted by Gasteiger charge is -2.39. The lowest BCUT2D eigenvalue weighted by molar-refractivity contribution is -0.137. The molecule has 1 aromatic heterocycles. The van der Waals surface area contributed by atoms with Crippen LogP contribution in [0.5, 0.6) is 0 Å². The number of likely N-dealkylation sites (tertiary alicyclic amines) is 1. The molecule has 1 amide bonds. The van der Waals surface area contributed by atoms with Gasteiger partial charge in [0.05, 0.1) is 12.3 Å². The third-order valence-electron chi connectivity index (χ3n) is 4.89. The van der Waals surface area contributed by atoms with Crippen LogP contribution in [-0.4, -0.2) is 42.8 Å². The van der Waals surface area contributed by atoms with Crippen LogP contribution in [0.2, 0.25) is 0 Å². The molecule has 1 unspecified atom stereocenters. The fourth-order valence-electron chi connectivity index (χ4n) is 3.26. The fraction of sp³-hybridized carbons (Fsp3) is 0.765. The van der Waals surface area contributed by atoms with E-state index in [-0.39, 0.29) is 17.2 Å². The fourth-order valence-corrected chi connectivity index (χ4v) is 3.26. The van der Waals surface area contributed by atoms with Gasteiger partial charge in [0.25, 0.3) is 0 Å². The molecule has 2 heterocycles. The Hall–Kier alpha value is -1.36. The molecule has 22 heavy (non-hydrogen) atoms. The van der Waals surface area contributed by atoms with Crippen molar-refractivity contribution in [3.05, 3.63) is 17.0 Å². The quantitative estimate of drug-likeness (QED) is 0.839. The molecule has 0 aromatic carbocycles. The number of amides is 1. The van der Waals surface area contributed by atoms with Gasteiger partial charge >= 0.3 is 0 Å². The first-order valence-corrected chi connectivity index (χ1v) is 8.06. The number of aromatic nitrogens is 1. The number of nitrogens with zero attached hydrogens (tertiary/aromatic N) is 2. The van der Waals surface area contributed by atoms with Crippen molar-refractivity contribution in [3.63, 3.8) is 0 Å². The molecule has 0 spiro atoms. The maximum Gasteiger partial charge on any atom is 0.225 e. The Morgan fingerprint density at radius 2 is 2.05 bits per heavy atom. The molecule has 1 aliphatic heterocycles. The second-order valence-electron chi connectivity index (χ2n) is 6.98. The Morgan fingerprint density at radius 1 is 1.41 bits per heavy atom. The lowest BCUT2D eigenvalue weighted by atomic mass is 9.81. The summed E-state index contributed by atoms with van der Waals surface area (Å²) in [5, 5.41) is 3.97. The molecule has 1 fully saturated rings. The summed E-state index contributed by atoms with van der Waals surface area (Å²) in [7, 11) is 1.74. The number of piperidine rings is 1. The number of rotatable bonds is 5. The van der Waals surface area contributed by atoms with Crippen molar-refractivity contribution >= 4 is 5.91 Å². The van der Waals surface area contributed by atoms with Crippen molar-refractivity contribution in [2.24, 2.45) is 11.3 Å². The van der Waals surface area contributed by atoms with E-state index in [1.165, 1.54) is 0 Å². The van der Waals surface area contributed by atoms with Crippen LogP contribution in [0.15, 0.2) is 4.52 Å². The summed E-state index contributed by atoms with van der Waals surface area (Å²) in [6.07, 6.45) is 2.71. The van der Waals surface area contributed by atoms with E-state index >= 15 is 0 Å². The Balaban J connectivity index is 1.92. The largest absolute Gasteiger partial charge is 0.384 e. The molecule has 1 aromatic rings. The van der Waals surface area contributed by atoms with Crippen molar-refractivity contribution in [2.45, 2.75) is 47.0 Å². The molecule has 124 valence electrons. The molecule has 1 saturated heterocycles. The van der Waals surface area contributed by atoms with E-state index in [1.54, 1.807) is 7.11 Å². The van der Waals surface area contributed by atoms with Gasteiger partial charge in [0.15, 0.2) is 0 Å². The summed E-state index contributed by atoms with van der Waals surface area (Å²) >= 11 is 0. The lowest BCUT2D eigenvalue weighted by Crippen LogP contribution is -2.45. The minimum absolute atomic E-state index is 0.0384. The van der Waals surface area contributed by atoms with Gasteiger partial charge in [-0.3, -0.25) is 4.79 Å². The first kappa shape index (κ1) is 17.0. The molecule has 0 bridgehead atoms. The number of aryl methyl sites for hydroxylation is 2. The van der Waals surface area contributed by atoms with Crippen molar-refractivity contribution in [1.82, 2.24) is 10.1 Å². The SMILES string of the molecule is COCC1(C)CCN(C(=O)C(C)Cc2c(C)noc2C)CC1. The van der Waals surface area contributed by atoms with E-state index in [1.807, 2.05) is 25.7 Å². The Bertz CT molecular complexity index is 496. The van der Waals surface area contributed by atoms with Crippen LogP contribution in [0.1, 0.15) is 43.7 Å².